The summed E-state index contributed by atoms with van der Waals surface area (Å²) < 4.78 is 16.6. The highest BCUT2D eigenvalue weighted by Crippen LogP contribution is 2.26. The first-order valence-electron chi connectivity index (χ1n) is 15.2. The minimum atomic E-state index is -0.963. The third-order valence-corrected chi connectivity index (χ3v) is 7.51. The van der Waals surface area contributed by atoms with Crippen LogP contribution >= 0.6 is 0 Å². The molecule has 41 heavy (non-hydrogen) atoms. The summed E-state index contributed by atoms with van der Waals surface area (Å²) >= 11 is 0. The highest BCUT2D eigenvalue weighted by molar-refractivity contribution is 5.74. The van der Waals surface area contributed by atoms with Crippen LogP contribution in [0.15, 0.2) is 36.0 Å². The topological polar surface area (TPSA) is 151 Å². The van der Waals surface area contributed by atoms with Crippen LogP contribution in [0.1, 0.15) is 105 Å². The van der Waals surface area contributed by atoms with Crippen molar-refractivity contribution in [1.82, 2.24) is 0 Å². The van der Waals surface area contributed by atoms with E-state index in [-0.39, 0.29) is 11.8 Å². The normalized spacial score (nSPS) is 29.8. The number of carbonyl (C=O) groups is 3. The van der Waals surface area contributed by atoms with Gasteiger partial charge in [0.1, 0.15) is 18.3 Å². The Hall–Kier alpha value is -2.81. The first-order valence-corrected chi connectivity index (χ1v) is 15.2. The predicted octanol–water partition coefficient (Wildman–Crippen LogP) is 6.48. The molecule has 1 aliphatic heterocycles. The second kappa shape index (κ2) is 20.1. The molecule has 0 spiro atoms. The van der Waals surface area contributed by atoms with Gasteiger partial charge in [0.25, 0.3) is 0 Å². The van der Waals surface area contributed by atoms with Crippen LogP contribution in [-0.4, -0.2) is 47.7 Å². The first-order chi connectivity index (χ1) is 19.4. The molecule has 0 saturated carbocycles. The Labute approximate surface area is 246 Å². The maximum Gasteiger partial charge on any atom is 0.404 e. The molecule has 0 radical (unpaired) electrons. The molecule has 1 aliphatic rings. The van der Waals surface area contributed by atoms with Crippen molar-refractivity contribution in [2.75, 3.05) is 0 Å². The zero-order chi connectivity index (χ0) is 30.8. The Kier molecular flexibility index (Phi) is 17.8. The summed E-state index contributed by atoms with van der Waals surface area (Å²) in [5.41, 5.74) is 11.6. The monoisotopic (exact) mass is 578 g/mol. The molecule has 0 fully saturated rings. The van der Waals surface area contributed by atoms with Crippen molar-refractivity contribution < 1.29 is 33.7 Å². The van der Waals surface area contributed by atoms with E-state index in [0.29, 0.717) is 38.5 Å². The number of allylic oxidation sites excluding steroid dienone is 5. The summed E-state index contributed by atoms with van der Waals surface area (Å²) in [4.78, 5) is 36.5. The van der Waals surface area contributed by atoms with Crippen LogP contribution < -0.4 is 11.5 Å². The van der Waals surface area contributed by atoms with Gasteiger partial charge in [-0.15, -0.1) is 0 Å². The molecule has 9 heteroatoms. The van der Waals surface area contributed by atoms with Crippen molar-refractivity contribution in [2.24, 2.45) is 29.2 Å². The number of aliphatic hydroxyl groups is 1. The minimum absolute atomic E-state index is 0.0460. The second-order valence-corrected chi connectivity index (χ2v) is 11.6. The van der Waals surface area contributed by atoms with Crippen molar-refractivity contribution in [2.45, 2.75) is 130 Å². The molecular formula is C32H54N2O7. The van der Waals surface area contributed by atoms with Gasteiger partial charge < -0.3 is 30.8 Å². The fraction of sp³-hybridized carbons (Fsp3) is 0.719. The average molecular weight is 579 g/mol. The van der Waals surface area contributed by atoms with E-state index >= 15 is 0 Å². The summed E-state index contributed by atoms with van der Waals surface area (Å²) in [5.74, 6) is -1.04. The summed E-state index contributed by atoms with van der Waals surface area (Å²) in [6, 6.07) is 0. The lowest BCUT2D eigenvalue weighted by Crippen LogP contribution is -2.37. The van der Waals surface area contributed by atoms with Gasteiger partial charge in [0.15, 0.2) is 0 Å². The summed E-state index contributed by atoms with van der Waals surface area (Å²) in [5, 5.41) is 10.7. The zero-order valence-corrected chi connectivity index (χ0v) is 25.8. The molecule has 1 rings (SSSR count). The molecule has 0 aromatic carbocycles. The van der Waals surface area contributed by atoms with Crippen LogP contribution in [0.2, 0.25) is 0 Å². The van der Waals surface area contributed by atoms with Crippen LogP contribution in [0.25, 0.3) is 0 Å². The molecule has 1 heterocycles. The van der Waals surface area contributed by atoms with E-state index in [1.165, 1.54) is 12.8 Å². The maximum atomic E-state index is 13.3. The second-order valence-electron chi connectivity index (χ2n) is 11.6. The third kappa shape index (κ3) is 16.3. The number of carbonyl (C=O) groups excluding carboxylic acids is 3. The molecule has 0 bridgehead atoms. The van der Waals surface area contributed by atoms with Crippen molar-refractivity contribution >= 4 is 18.2 Å². The minimum Gasteiger partial charge on any atom is -0.458 e. The number of amides is 2. The van der Waals surface area contributed by atoms with Crippen LogP contribution in [0.5, 0.6) is 0 Å². The molecule has 0 aliphatic carbocycles. The number of aliphatic hydroxyl groups excluding tert-OH is 1. The molecule has 0 aromatic heterocycles. The molecule has 7 unspecified atom stereocenters. The molecule has 0 saturated heterocycles. The van der Waals surface area contributed by atoms with Gasteiger partial charge in [-0.1, -0.05) is 63.5 Å². The fourth-order valence-corrected chi connectivity index (χ4v) is 5.03. The number of nitrogens with two attached hydrogens (primary N) is 2. The molecule has 9 nitrogen and oxygen atoms in total. The average Bonchev–Trinajstić information content (AvgIpc) is 2.88. The van der Waals surface area contributed by atoms with Gasteiger partial charge >= 0.3 is 18.2 Å². The highest BCUT2D eigenvalue weighted by Gasteiger charge is 2.32. The number of hydrogen-bond donors (Lipinski definition) is 3. The summed E-state index contributed by atoms with van der Waals surface area (Å²) in [7, 11) is 0. The van der Waals surface area contributed by atoms with Crippen molar-refractivity contribution in [1.29, 1.82) is 0 Å². The van der Waals surface area contributed by atoms with E-state index in [0.717, 1.165) is 24.8 Å². The Morgan fingerprint density at radius 1 is 1.00 bits per heavy atom. The van der Waals surface area contributed by atoms with E-state index in [4.69, 9.17) is 25.7 Å². The number of ether oxygens (including phenoxy) is 3. The number of esters is 1. The van der Waals surface area contributed by atoms with Crippen molar-refractivity contribution in [3.63, 3.8) is 0 Å². The van der Waals surface area contributed by atoms with Gasteiger partial charge in [-0.3, -0.25) is 4.79 Å². The lowest BCUT2D eigenvalue weighted by Gasteiger charge is -2.28. The number of hydrogen-bond acceptors (Lipinski definition) is 7. The lowest BCUT2D eigenvalue weighted by molar-refractivity contribution is -0.156. The molecule has 2 amide bonds. The van der Waals surface area contributed by atoms with Crippen LogP contribution in [-0.2, 0) is 19.0 Å². The van der Waals surface area contributed by atoms with Gasteiger partial charge in [0.2, 0.25) is 0 Å². The molecule has 234 valence electrons. The Bertz CT molecular complexity index is 885. The van der Waals surface area contributed by atoms with Gasteiger partial charge in [0.05, 0.1) is 12.0 Å². The summed E-state index contributed by atoms with van der Waals surface area (Å²) in [6.45, 7) is 9.90. The fourth-order valence-electron chi connectivity index (χ4n) is 5.03. The van der Waals surface area contributed by atoms with Gasteiger partial charge in [-0.05, 0) is 89.5 Å². The van der Waals surface area contributed by atoms with Gasteiger partial charge in [-0.2, -0.15) is 0 Å². The number of cyclic esters (lactones) is 1. The summed E-state index contributed by atoms with van der Waals surface area (Å²) in [6.07, 6.45) is 13.8. The van der Waals surface area contributed by atoms with Crippen molar-refractivity contribution in [3.05, 3.63) is 36.0 Å². The highest BCUT2D eigenvalue weighted by atomic mass is 16.6. The molecule has 5 N–H and O–H groups in total. The molecule has 7 atom stereocenters. The maximum absolute atomic E-state index is 13.3. The standard InChI is InChI=1S/C32H54N2O7/c1-6-7-8-9-11-14-22(2)19-26-20-23(3)15-12-10-13-16-27(35)28(40-31(33)37)18-17-24(4)21-29(41-32(34)38)25(5)30(36)39-26/h10-12,14,19,23-29,35H,6-9,13,15-18,20-21H2,1-5H3,(H2,33,37)(H2,34,38). The Balaban J connectivity index is 3.20. The van der Waals surface area contributed by atoms with Crippen molar-refractivity contribution in [3.8, 4) is 0 Å². The van der Waals surface area contributed by atoms with E-state index in [2.05, 4.69) is 32.1 Å². The van der Waals surface area contributed by atoms with E-state index in [1.807, 2.05) is 26.0 Å². The quantitative estimate of drug-likeness (QED) is 0.0980. The van der Waals surface area contributed by atoms with Crippen LogP contribution in [0, 0.1) is 17.8 Å². The number of rotatable bonds is 8. The molecular weight excluding hydrogens is 524 g/mol. The number of primary amides is 2. The first kappa shape index (κ1) is 36.2. The van der Waals surface area contributed by atoms with Crippen LogP contribution in [0.4, 0.5) is 9.59 Å². The Morgan fingerprint density at radius 2 is 1.68 bits per heavy atom. The van der Waals surface area contributed by atoms with E-state index in [9.17, 15) is 19.5 Å². The van der Waals surface area contributed by atoms with E-state index in [1.54, 1.807) is 6.92 Å². The predicted molar refractivity (Wildman–Crippen MR) is 161 cm³/mol. The molecule has 0 aromatic rings. The third-order valence-electron chi connectivity index (χ3n) is 7.51. The smallest absolute Gasteiger partial charge is 0.404 e. The van der Waals surface area contributed by atoms with Gasteiger partial charge in [0, 0.05) is 0 Å². The van der Waals surface area contributed by atoms with E-state index < -0.39 is 48.5 Å². The SMILES string of the molecule is CCCCCC=CC(C)=CC1CC(C)CC=CCCC(O)C(OC(N)=O)CCC(C)CC(OC(N)=O)C(C)C(=O)O1. The van der Waals surface area contributed by atoms with Gasteiger partial charge in [-0.25, -0.2) is 9.59 Å². The lowest BCUT2D eigenvalue weighted by atomic mass is 9.90. The zero-order valence-electron chi connectivity index (χ0n) is 25.8. The largest absolute Gasteiger partial charge is 0.458 e. The van der Waals surface area contributed by atoms with Crippen LogP contribution in [0.3, 0.4) is 0 Å². The Morgan fingerprint density at radius 3 is 2.34 bits per heavy atom. The number of unbranched alkanes of at least 4 members (excludes halogenated alkanes) is 3.